The van der Waals surface area contributed by atoms with Crippen molar-refractivity contribution in [3.05, 3.63) is 0 Å². The second-order valence-corrected chi connectivity index (χ2v) is 4.09. The highest BCUT2D eigenvalue weighted by Crippen LogP contribution is 2.34. The molecule has 0 aromatic carbocycles. The highest BCUT2D eigenvalue weighted by molar-refractivity contribution is 5.74. The fourth-order valence-corrected chi connectivity index (χ4v) is 1.72. The fraction of sp³-hybridized carbons (Fsp3) is 0.909. The van der Waals surface area contributed by atoms with Gasteiger partial charge in [0.05, 0.1) is 12.0 Å². The largest absolute Gasteiger partial charge is 0.522 e. The molecule has 0 aliphatic carbocycles. The molecule has 0 aromatic heterocycles. The minimum Gasteiger partial charge on any atom is -0.481 e. The highest BCUT2D eigenvalue weighted by Gasteiger charge is 2.37. The molecule has 0 saturated heterocycles. The van der Waals surface area contributed by atoms with Crippen LogP contribution in [0.3, 0.4) is 0 Å². The van der Waals surface area contributed by atoms with Crippen LogP contribution in [0, 0.1) is 5.41 Å². The quantitative estimate of drug-likeness (QED) is 0.722. The van der Waals surface area contributed by atoms with Gasteiger partial charge in [0.25, 0.3) is 0 Å². The third-order valence-electron chi connectivity index (χ3n) is 2.99. The fourth-order valence-electron chi connectivity index (χ4n) is 1.72. The number of aliphatic carboxylic acids is 1. The number of halogens is 3. The maximum absolute atomic E-state index is 11.8. The van der Waals surface area contributed by atoms with E-state index in [2.05, 4.69) is 4.74 Å². The topological polar surface area (TPSA) is 46.5 Å². The van der Waals surface area contributed by atoms with Crippen molar-refractivity contribution in [1.82, 2.24) is 0 Å². The van der Waals surface area contributed by atoms with Gasteiger partial charge < -0.3 is 5.11 Å². The molecule has 0 aliphatic heterocycles. The number of alkyl halides is 3. The number of rotatable bonds is 8. The molecule has 0 aromatic rings. The van der Waals surface area contributed by atoms with Gasteiger partial charge in [-0.05, 0) is 19.3 Å². The number of carbonyl (C=O) groups is 1. The van der Waals surface area contributed by atoms with Crippen LogP contribution in [0.2, 0.25) is 0 Å². The lowest BCUT2D eigenvalue weighted by Gasteiger charge is -2.28. The Labute approximate surface area is 99.0 Å². The van der Waals surface area contributed by atoms with E-state index in [1.807, 2.05) is 6.92 Å². The van der Waals surface area contributed by atoms with Gasteiger partial charge in [-0.25, -0.2) is 0 Å². The molecule has 3 nitrogen and oxygen atoms in total. The van der Waals surface area contributed by atoms with Crippen molar-refractivity contribution in [2.24, 2.45) is 5.41 Å². The summed E-state index contributed by atoms with van der Waals surface area (Å²) in [6, 6.07) is 0. The Hall–Kier alpha value is -0.780. The maximum Gasteiger partial charge on any atom is 0.522 e. The summed E-state index contributed by atoms with van der Waals surface area (Å²) in [5.74, 6) is -1.04. The van der Waals surface area contributed by atoms with Gasteiger partial charge in [-0.2, -0.15) is 0 Å². The number of hydrogen-bond donors (Lipinski definition) is 1. The van der Waals surface area contributed by atoms with Crippen LogP contribution in [0.4, 0.5) is 13.2 Å². The predicted molar refractivity (Wildman–Crippen MR) is 56.5 cm³/mol. The minimum atomic E-state index is -4.69. The smallest absolute Gasteiger partial charge is 0.481 e. The molecule has 17 heavy (non-hydrogen) atoms. The summed E-state index contributed by atoms with van der Waals surface area (Å²) in [5.41, 5.74) is -1.10. The van der Waals surface area contributed by atoms with Crippen molar-refractivity contribution in [2.45, 2.75) is 52.3 Å². The lowest BCUT2D eigenvalue weighted by Crippen LogP contribution is -2.32. The average Bonchev–Trinajstić information content (AvgIpc) is 2.21. The minimum absolute atomic E-state index is 0.113. The molecule has 0 radical (unpaired) electrons. The molecule has 6 heteroatoms. The summed E-state index contributed by atoms with van der Waals surface area (Å²) in [4.78, 5) is 11.2. The molecular weight excluding hydrogens is 237 g/mol. The van der Waals surface area contributed by atoms with Crippen LogP contribution in [0.5, 0.6) is 0 Å². The monoisotopic (exact) mass is 256 g/mol. The van der Waals surface area contributed by atoms with Crippen LogP contribution >= 0.6 is 0 Å². The lowest BCUT2D eigenvalue weighted by molar-refractivity contribution is -0.326. The Morgan fingerprint density at radius 3 is 2.18 bits per heavy atom. The van der Waals surface area contributed by atoms with Gasteiger partial charge in [-0.3, -0.25) is 9.53 Å². The van der Waals surface area contributed by atoms with E-state index in [1.54, 1.807) is 6.92 Å². The van der Waals surface area contributed by atoms with Crippen LogP contribution in [0.25, 0.3) is 0 Å². The molecule has 1 atom stereocenters. The van der Waals surface area contributed by atoms with E-state index in [1.165, 1.54) is 0 Å². The number of carboxylic acids is 1. The van der Waals surface area contributed by atoms with Crippen molar-refractivity contribution in [3.63, 3.8) is 0 Å². The lowest BCUT2D eigenvalue weighted by atomic mass is 9.77. The first-order chi connectivity index (χ1) is 7.77. The molecule has 1 unspecified atom stereocenters. The first kappa shape index (κ1) is 16.2. The molecule has 0 fully saturated rings. The van der Waals surface area contributed by atoms with Crippen LogP contribution in [0.1, 0.15) is 46.0 Å². The Morgan fingerprint density at radius 1 is 1.24 bits per heavy atom. The second kappa shape index (κ2) is 6.83. The van der Waals surface area contributed by atoms with Gasteiger partial charge in [0.15, 0.2) is 0 Å². The summed E-state index contributed by atoms with van der Waals surface area (Å²) in [6.45, 7) is 2.99. The van der Waals surface area contributed by atoms with Gasteiger partial charge >= 0.3 is 12.3 Å². The normalized spacial score (nSPS) is 15.6. The third kappa shape index (κ3) is 5.91. The van der Waals surface area contributed by atoms with Crippen molar-refractivity contribution < 1.29 is 27.8 Å². The molecule has 0 aliphatic rings. The van der Waals surface area contributed by atoms with Crippen LogP contribution in [0.15, 0.2) is 0 Å². The van der Waals surface area contributed by atoms with Crippen LogP contribution in [-0.2, 0) is 9.53 Å². The Bertz CT molecular complexity index is 241. The summed E-state index contributed by atoms with van der Waals surface area (Å²) >= 11 is 0. The van der Waals surface area contributed by atoms with E-state index in [-0.39, 0.29) is 6.42 Å². The number of ether oxygens (including phenoxy) is 1. The van der Waals surface area contributed by atoms with E-state index < -0.39 is 24.4 Å². The van der Waals surface area contributed by atoms with Gasteiger partial charge in [0, 0.05) is 0 Å². The van der Waals surface area contributed by atoms with Gasteiger partial charge in [-0.15, -0.1) is 13.2 Å². The SMILES string of the molecule is CCCCC(CC)(CCOC(F)(F)F)C(=O)O. The molecule has 0 bridgehead atoms. The second-order valence-electron chi connectivity index (χ2n) is 4.09. The Balaban J connectivity index is 4.42. The van der Waals surface area contributed by atoms with Crippen molar-refractivity contribution in [2.75, 3.05) is 6.61 Å². The number of unbranched alkanes of at least 4 members (excludes halogenated alkanes) is 1. The molecule has 102 valence electrons. The summed E-state index contributed by atoms with van der Waals surface area (Å²) in [6.07, 6.45) is -2.61. The van der Waals surface area contributed by atoms with E-state index >= 15 is 0 Å². The van der Waals surface area contributed by atoms with E-state index in [4.69, 9.17) is 5.11 Å². The molecular formula is C11H19F3O3. The average molecular weight is 256 g/mol. The van der Waals surface area contributed by atoms with Gasteiger partial charge in [0.1, 0.15) is 0 Å². The molecule has 0 heterocycles. The first-order valence-corrected chi connectivity index (χ1v) is 5.71. The maximum atomic E-state index is 11.8. The zero-order valence-corrected chi connectivity index (χ0v) is 10.1. The van der Waals surface area contributed by atoms with Crippen molar-refractivity contribution in [1.29, 1.82) is 0 Å². The van der Waals surface area contributed by atoms with Crippen LogP contribution in [-0.4, -0.2) is 24.0 Å². The Kier molecular flexibility index (Phi) is 6.52. The zero-order chi connectivity index (χ0) is 13.5. The van der Waals surface area contributed by atoms with E-state index in [0.29, 0.717) is 19.3 Å². The molecule has 0 saturated carbocycles. The molecule has 0 rings (SSSR count). The predicted octanol–water partition coefficient (Wildman–Crippen LogP) is 3.58. The number of hydrogen-bond acceptors (Lipinski definition) is 2. The Morgan fingerprint density at radius 2 is 1.82 bits per heavy atom. The van der Waals surface area contributed by atoms with Crippen molar-refractivity contribution in [3.8, 4) is 0 Å². The molecule has 1 N–H and O–H groups in total. The van der Waals surface area contributed by atoms with E-state index in [9.17, 15) is 18.0 Å². The third-order valence-corrected chi connectivity index (χ3v) is 2.99. The standard InChI is InChI=1S/C11H19F3O3/c1-3-5-6-10(4-2,9(15)16)7-8-17-11(12,13)14/h3-8H2,1-2H3,(H,15,16). The van der Waals surface area contributed by atoms with Crippen LogP contribution < -0.4 is 0 Å². The first-order valence-electron chi connectivity index (χ1n) is 5.71. The highest BCUT2D eigenvalue weighted by atomic mass is 19.4. The summed E-state index contributed by atoms with van der Waals surface area (Å²) < 4.78 is 39.1. The van der Waals surface area contributed by atoms with Gasteiger partial charge in [0.2, 0.25) is 0 Å². The van der Waals surface area contributed by atoms with E-state index in [0.717, 1.165) is 6.42 Å². The summed E-state index contributed by atoms with van der Waals surface area (Å²) in [5, 5.41) is 9.14. The molecule has 0 amide bonds. The summed E-state index contributed by atoms with van der Waals surface area (Å²) in [7, 11) is 0. The van der Waals surface area contributed by atoms with Crippen molar-refractivity contribution >= 4 is 5.97 Å². The zero-order valence-electron chi connectivity index (χ0n) is 10.1. The van der Waals surface area contributed by atoms with Gasteiger partial charge in [-0.1, -0.05) is 26.7 Å². The molecule has 0 spiro atoms. The number of carboxylic acid groups (broad SMARTS) is 1.